The minimum Gasteiger partial charge on any atom is -0.462 e. The van der Waals surface area contributed by atoms with Gasteiger partial charge >= 0.3 is 17.9 Å². The van der Waals surface area contributed by atoms with Crippen LogP contribution in [0.1, 0.15) is 265 Å². The zero-order valence-electron chi connectivity index (χ0n) is 43.9. The third kappa shape index (κ3) is 53.4. The van der Waals surface area contributed by atoms with Gasteiger partial charge in [-0.15, -0.1) is 0 Å². The van der Waals surface area contributed by atoms with Crippen LogP contribution < -0.4 is 0 Å². The van der Waals surface area contributed by atoms with E-state index in [1.54, 1.807) is 0 Å². The monoisotopic (exact) mass is 933 g/mol. The Hall–Kier alpha value is -3.41. The van der Waals surface area contributed by atoms with Crippen LogP contribution >= 0.6 is 0 Å². The van der Waals surface area contributed by atoms with Gasteiger partial charge in [0.15, 0.2) is 6.10 Å². The molecule has 384 valence electrons. The molecule has 6 heteroatoms. The van der Waals surface area contributed by atoms with E-state index < -0.39 is 6.10 Å². The van der Waals surface area contributed by atoms with E-state index in [1.165, 1.54) is 116 Å². The summed E-state index contributed by atoms with van der Waals surface area (Å²) in [5.41, 5.74) is 0. The average molecular weight is 933 g/mol. The van der Waals surface area contributed by atoms with Crippen LogP contribution in [0.3, 0.4) is 0 Å². The van der Waals surface area contributed by atoms with Crippen LogP contribution in [0.15, 0.2) is 85.1 Å². The summed E-state index contributed by atoms with van der Waals surface area (Å²) in [6, 6.07) is 0. The lowest BCUT2D eigenvalue weighted by molar-refractivity contribution is -0.167. The molecule has 0 spiro atoms. The third-order valence-corrected chi connectivity index (χ3v) is 11.8. The lowest BCUT2D eigenvalue weighted by atomic mass is 10.1. The van der Waals surface area contributed by atoms with Crippen molar-refractivity contribution in [3.05, 3.63) is 85.1 Å². The molecular weight excluding hydrogens is 829 g/mol. The zero-order chi connectivity index (χ0) is 48.6. The zero-order valence-corrected chi connectivity index (χ0v) is 43.9. The quantitative estimate of drug-likeness (QED) is 0.0262. The smallest absolute Gasteiger partial charge is 0.306 e. The van der Waals surface area contributed by atoms with Gasteiger partial charge in [-0.1, -0.05) is 215 Å². The Labute approximate surface area is 414 Å². The molecule has 0 amide bonds. The molecular formula is C61H104O6. The lowest BCUT2D eigenvalue weighted by Gasteiger charge is -2.18. The molecule has 0 aromatic rings. The highest BCUT2D eigenvalue weighted by Crippen LogP contribution is 2.14. The van der Waals surface area contributed by atoms with E-state index in [-0.39, 0.29) is 31.1 Å². The summed E-state index contributed by atoms with van der Waals surface area (Å²) in [6.07, 6.45) is 71.3. The maximum absolute atomic E-state index is 12.8. The fourth-order valence-electron chi connectivity index (χ4n) is 7.55. The van der Waals surface area contributed by atoms with E-state index in [2.05, 4.69) is 106 Å². The molecule has 0 aliphatic rings. The van der Waals surface area contributed by atoms with E-state index in [1.807, 2.05) is 0 Å². The number of carbonyl (C=O) groups is 3. The molecule has 1 unspecified atom stereocenters. The Morgan fingerprint density at radius 2 is 0.552 bits per heavy atom. The Kier molecular flexibility index (Phi) is 52.4. The lowest BCUT2D eigenvalue weighted by Crippen LogP contribution is -2.30. The number of rotatable bonds is 50. The molecule has 0 aromatic heterocycles. The highest BCUT2D eigenvalue weighted by atomic mass is 16.6. The molecule has 67 heavy (non-hydrogen) atoms. The Morgan fingerprint density at radius 3 is 0.896 bits per heavy atom. The molecule has 0 bridgehead atoms. The summed E-state index contributed by atoms with van der Waals surface area (Å²) in [5, 5.41) is 0. The average Bonchev–Trinajstić information content (AvgIpc) is 3.33. The fraction of sp³-hybridized carbons (Fsp3) is 0.721. The van der Waals surface area contributed by atoms with Crippen molar-refractivity contribution in [1.82, 2.24) is 0 Å². The van der Waals surface area contributed by atoms with Gasteiger partial charge in [0.2, 0.25) is 0 Å². The number of allylic oxidation sites excluding steroid dienone is 14. The normalized spacial score (nSPS) is 12.7. The Morgan fingerprint density at radius 1 is 0.299 bits per heavy atom. The first-order chi connectivity index (χ1) is 33.0. The molecule has 0 aliphatic heterocycles. The van der Waals surface area contributed by atoms with E-state index in [4.69, 9.17) is 14.2 Å². The molecule has 0 rings (SSSR count). The van der Waals surface area contributed by atoms with Crippen molar-refractivity contribution in [2.75, 3.05) is 13.2 Å². The van der Waals surface area contributed by atoms with Crippen molar-refractivity contribution in [1.29, 1.82) is 0 Å². The Bertz CT molecular complexity index is 1300. The Balaban J connectivity index is 4.41. The third-order valence-electron chi connectivity index (χ3n) is 11.8. The highest BCUT2D eigenvalue weighted by molar-refractivity contribution is 5.71. The van der Waals surface area contributed by atoms with Crippen LogP contribution in [0.2, 0.25) is 0 Å². The summed E-state index contributed by atoms with van der Waals surface area (Å²) >= 11 is 0. The number of hydrogen-bond donors (Lipinski definition) is 0. The largest absolute Gasteiger partial charge is 0.462 e. The van der Waals surface area contributed by atoms with Crippen molar-refractivity contribution in [2.45, 2.75) is 271 Å². The molecule has 0 saturated carbocycles. The van der Waals surface area contributed by atoms with Gasteiger partial charge in [0.25, 0.3) is 0 Å². The fourth-order valence-corrected chi connectivity index (χ4v) is 7.55. The molecule has 0 aromatic carbocycles. The highest BCUT2D eigenvalue weighted by Gasteiger charge is 2.19. The van der Waals surface area contributed by atoms with Crippen LogP contribution in [-0.4, -0.2) is 37.2 Å². The topological polar surface area (TPSA) is 78.9 Å². The van der Waals surface area contributed by atoms with Gasteiger partial charge in [0.05, 0.1) is 0 Å². The van der Waals surface area contributed by atoms with Gasteiger partial charge in [-0.05, 0) is 116 Å². The first kappa shape index (κ1) is 63.6. The van der Waals surface area contributed by atoms with Crippen LogP contribution in [-0.2, 0) is 28.6 Å². The maximum Gasteiger partial charge on any atom is 0.306 e. The minimum absolute atomic E-state index is 0.0910. The van der Waals surface area contributed by atoms with Gasteiger partial charge in [0, 0.05) is 19.3 Å². The summed E-state index contributed by atoms with van der Waals surface area (Å²) in [4.78, 5) is 38.1. The standard InChI is InChI=1S/C61H104O6/c1-4-7-10-13-16-19-22-24-26-28-30-32-34-36-39-42-45-48-51-54-60(63)66-57-58(56-65-59(62)53-50-47-44-41-38-21-18-15-12-9-6-3)67-61(64)55-52-49-46-43-40-37-35-33-31-29-27-25-23-20-17-14-11-8-5-2/h15-20,24-27,30-33,58H,4-14,21-23,28-29,34-57H2,1-3H3/b18-15-,19-16-,20-17-,26-24-,27-25-,32-30-,33-31-. The summed E-state index contributed by atoms with van der Waals surface area (Å²) in [5.74, 6) is -0.923. The second-order valence-electron chi connectivity index (χ2n) is 18.5. The van der Waals surface area contributed by atoms with Crippen molar-refractivity contribution in [3.63, 3.8) is 0 Å². The predicted octanol–water partition coefficient (Wildman–Crippen LogP) is 18.8. The molecule has 0 heterocycles. The van der Waals surface area contributed by atoms with E-state index >= 15 is 0 Å². The van der Waals surface area contributed by atoms with Crippen LogP contribution in [0.4, 0.5) is 0 Å². The SMILES string of the molecule is CCCC/C=C\CCCCCCCC(=O)OCC(COC(=O)CCCCCCCC/C=C\C/C=C\C/C=C\CCCCC)OC(=O)CCCCCCCC/C=C\C/C=C\C/C=C\CCCCC. The molecule has 0 N–H and O–H groups in total. The van der Waals surface area contributed by atoms with Gasteiger partial charge in [-0.25, -0.2) is 0 Å². The second-order valence-corrected chi connectivity index (χ2v) is 18.5. The van der Waals surface area contributed by atoms with Gasteiger partial charge in [0.1, 0.15) is 13.2 Å². The van der Waals surface area contributed by atoms with E-state index in [0.717, 1.165) is 109 Å². The number of ether oxygens (including phenoxy) is 3. The predicted molar refractivity (Wildman–Crippen MR) is 288 cm³/mol. The van der Waals surface area contributed by atoms with Crippen molar-refractivity contribution < 1.29 is 28.6 Å². The maximum atomic E-state index is 12.8. The van der Waals surface area contributed by atoms with E-state index in [0.29, 0.717) is 19.3 Å². The first-order valence-corrected chi connectivity index (χ1v) is 28.1. The summed E-state index contributed by atoms with van der Waals surface area (Å²) in [6.45, 7) is 6.52. The number of unbranched alkanes of at least 4 members (excludes halogenated alkanes) is 25. The van der Waals surface area contributed by atoms with Gasteiger partial charge < -0.3 is 14.2 Å². The van der Waals surface area contributed by atoms with Crippen LogP contribution in [0.5, 0.6) is 0 Å². The molecule has 0 radical (unpaired) electrons. The van der Waals surface area contributed by atoms with Crippen LogP contribution in [0.25, 0.3) is 0 Å². The molecule has 0 saturated heterocycles. The van der Waals surface area contributed by atoms with Gasteiger partial charge in [-0.3, -0.25) is 14.4 Å². The molecule has 0 fully saturated rings. The van der Waals surface area contributed by atoms with Gasteiger partial charge in [-0.2, -0.15) is 0 Å². The van der Waals surface area contributed by atoms with Crippen molar-refractivity contribution in [2.24, 2.45) is 0 Å². The second kappa shape index (κ2) is 55.2. The molecule has 1 atom stereocenters. The first-order valence-electron chi connectivity index (χ1n) is 28.1. The number of carbonyl (C=O) groups excluding carboxylic acids is 3. The summed E-state index contributed by atoms with van der Waals surface area (Å²) < 4.78 is 16.8. The minimum atomic E-state index is -0.793. The van der Waals surface area contributed by atoms with Crippen LogP contribution in [0, 0.1) is 0 Å². The van der Waals surface area contributed by atoms with Crippen molar-refractivity contribution in [3.8, 4) is 0 Å². The number of hydrogen-bond acceptors (Lipinski definition) is 6. The molecule has 0 aliphatic carbocycles. The summed E-state index contributed by atoms with van der Waals surface area (Å²) in [7, 11) is 0. The van der Waals surface area contributed by atoms with E-state index in [9.17, 15) is 14.4 Å². The number of esters is 3. The molecule has 6 nitrogen and oxygen atoms in total. The van der Waals surface area contributed by atoms with Crippen molar-refractivity contribution >= 4 is 17.9 Å².